The van der Waals surface area contributed by atoms with Gasteiger partial charge in [0.2, 0.25) is 0 Å². The quantitative estimate of drug-likeness (QED) is 0.158. The van der Waals surface area contributed by atoms with Crippen molar-refractivity contribution in [3.05, 3.63) is 167 Å². The van der Waals surface area contributed by atoms with E-state index in [1.807, 2.05) is 20.0 Å². The van der Waals surface area contributed by atoms with E-state index < -0.39 is 5.89 Å². The van der Waals surface area contributed by atoms with E-state index in [4.69, 9.17) is 11.3 Å². The molecule has 0 fully saturated rings. The highest BCUT2D eigenvalue weighted by Gasteiger charge is 2.26. The van der Waals surface area contributed by atoms with Crippen LogP contribution in [0.4, 0.5) is 0 Å². The first-order valence-corrected chi connectivity index (χ1v) is 22.5. The summed E-state index contributed by atoms with van der Waals surface area (Å²) in [4.78, 5) is 10.6. The summed E-state index contributed by atoms with van der Waals surface area (Å²) in [5.41, 5.74) is 17.1. The normalized spacial score (nSPS) is 12.7. The summed E-state index contributed by atoms with van der Waals surface area (Å²) < 4.78 is 10.8. The molecule has 63 heavy (non-hydrogen) atoms. The first kappa shape index (κ1) is 42.1. The molecule has 2 heterocycles. The highest BCUT2D eigenvalue weighted by atomic mass is 16.3. The predicted molar refractivity (Wildman–Crippen MR) is 267 cm³/mol. The molecule has 2 aromatic heterocycles. The highest BCUT2D eigenvalue weighted by molar-refractivity contribution is 5.97. The van der Waals surface area contributed by atoms with E-state index in [-0.39, 0.29) is 28.4 Å². The minimum atomic E-state index is -0.664. The van der Waals surface area contributed by atoms with E-state index in [2.05, 4.69) is 207 Å². The maximum absolute atomic E-state index is 12.3. The number of benzene rings is 6. The minimum Gasteiger partial charge on any atom is -0.507 e. The van der Waals surface area contributed by atoms with E-state index >= 15 is 0 Å². The molecule has 4 heteroatoms. The number of fused-ring (bicyclic) bond motifs is 1. The topological polar surface area (TPSA) is 50.9 Å². The van der Waals surface area contributed by atoms with Crippen molar-refractivity contribution < 1.29 is 6.48 Å². The maximum atomic E-state index is 12.3. The Morgan fingerprint density at radius 2 is 1.19 bits per heavy atom. The van der Waals surface area contributed by atoms with Gasteiger partial charge >= 0.3 is 0 Å². The zero-order chi connectivity index (χ0) is 45.9. The van der Waals surface area contributed by atoms with Crippen LogP contribution >= 0.6 is 0 Å². The Morgan fingerprint density at radius 1 is 0.540 bits per heavy atom. The molecule has 4 nitrogen and oxygen atoms in total. The van der Waals surface area contributed by atoms with Crippen LogP contribution < -0.4 is 0 Å². The molecule has 1 N–H and O–H groups in total. The van der Waals surface area contributed by atoms with Crippen LogP contribution in [0, 0.1) is 0 Å². The third-order valence-electron chi connectivity index (χ3n) is 12.5. The second-order valence-corrected chi connectivity index (χ2v) is 20.2. The number of phenols is 1. The van der Waals surface area contributed by atoms with Crippen LogP contribution in [0.25, 0.3) is 72.7 Å². The van der Waals surface area contributed by atoms with Gasteiger partial charge in [-0.25, -0.2) is 4.98 Å². The van der Waals surface area contributed by atoms with Gasteiger partial charge in [0.1, 0.15) is 11.6 Å². The van der Waals surface area contributed by atoms with E-state index in [1.54, 1.807) is 0 Å². The van der Waals surface area contributed by atoms with E-state index in [1.165, 1.54) is 11.1 Å². The van der Waals surface area contributed by atoms with Gasteiger partial charge in [-0.1, -0.05) is 168 Å². The van der Waals surface area contributed by atoms with Gasteiger partial charge in [-0.3, -0.25) is 9.55 Å². The molecule has 0 aliphatic heterocycles. The zero-order valence-corrected chi connectivity index (χ0v) is 39.2. The van der Waals surface area contributed by atoms with Crippen LogP contribution in [0.3, 0.4) is 0 Å². The van der Waals surface area contributed by atoms with Crippen molar-refractivity contribution in [2.75, 3.05) is 0 Å². The van der Waals surface area contributed by atoms with Crippen molar-refractivity contribution in [1.29, 1.82) is 0 Å². The summed E-state index contributed by atoms with van der Waals surface area (Å²) in [5, 5.41) is 12.3. The molecular formula is C59H63N3O. The number of hydrogen-bond acceptors (Lipinski definition) is 3. The average Bonchev–Trinajstić information content (AvgIpc) is 3.65. The van der Waals surface area contributed by atoms with Crippen molar-refractivity contribution in [1.82, 2.24) is 14.5 Å². The van der Waals surface area contributed by atoms with Gasteiger partial charge in [-0.15, -0.1) is 0 Å². The first-order chi connectivity index (χ1) is 30.2. The highest BCUT2D eigenvalue weighted by Crippen LogP contribution is 2.44. The standard InChI is InChI=1S/C59H63N3O/c1-36(2)39-21-23-41(24-22-39)42-25-26-60-53(34-42)46-27-45(29-47(30-46)58(7,8)9)50-19-16-20-54-55(50)61-57(52-33-43(37(3)4)32-51(38(5)6)56(52)63)62(54)49-31-44(40-17-14-13-15-18-40)28-48(35-49)59(10,11)12/h13-38,63H,1-12H3/i36D. The van der Waals surface area contributed by atoms with Crippen LogP contribution in [-0.2, 0) is 10.8 Å². The van der Waals surface area contributed by atoms with Crippen LogP contribution in [0.15, 0.2) is 140 Å². The molecule has 0 aliphatic rings. The maximum Gasteiger partial charge on any atom is 0.149 e. The number of rotatable bonds is 9. The third kappa shape index (κ3) is 8.74. The number of imidazole rings is 1. The molecule has 0 atom stereocenters. The number of nitrogens with zero attached hydrogens (tertiary/aromatic N) is 3. The molecule has 320 valence electrons. The summed E-state index contributed by atoms with van der Waals surface area (Å²) >= 11 is 0. The number of aromatic hydroxyl groups is 1. The molecule has 0 unspecified atom stereocenters. The van der Waals surface area contributed by atoms with Gasteiger partial charge in [-0.2, -0.15) is 0 Å². The Labute approximate surface area is 377 Å². The fourth-order valence-corrected chi connectivity index (χ4v) is 8.50. The summed E-state index contributed by atoms with van der Waals surface area (Å²) in [6.45, 7) is 26.1. The SMILES string of the molecule is [2H]C(C)(C)c1ccc(-c2ccnc(-c3cc(-c4cccc5c4nc(-c4cc(C(C)C)cc(C(C)C)c4O)n5-c4cc(-c5ccccc5)cc(C(C)(C)C)c4)cc(C(C)(C)C)c3)c2)cc1. The summed E-state index contributed by atoms with van der Waals surface area (Å²) in [5.74, 6) is 0.673. The van der Waals surface area contributed by atoms with Crippen molar-refractivity contribution in [2.45, 2.75) is 112 Å². The number of para-hydroxylation sites is 1. The molecule has 0 spiro atoms. The van der Waals surface area contributed by atoms with Crippen LogP contribution in [0.5, 0.6) is 5.75 Å². The molecule has 0 amide bonds. The predicted octanol–water partition coefficient (Wildman–Crippen LogP) is 16.4. The Hall–Kier alpha value is -6.26. The zero-order valence-electron chi connectivity index (χ0n) is 40.2. The lowest BCUT2D eigenvalue weighted by molar-refractivity contribution is 0.466. The fourth-order valence-electron chi connectivity index (χ4n) is 8.50. The number of aromatic nitrogens is 3. The lowest BCUT2D eigenvalue weighted by Crippen LogP contribution is -2.12. The second-order valence-electron chi connectivity index (χ2n) is 20.2. The molecule has 6 aromatic carbocycles. The number of hydrogen-bond donors (Lipinski definition) is 1. The average molecular weight is 831 g/mol. The first-order valence-electron chi connectivity index (χ1n) is 23.0. The molecule has 8 aromatic rings. The minimum absolute atomic E-state index is 0.111. The lowest BCUT2D eigenvalue weighted by atomic mass is 9.83. The van der Waals surface area contributed by atoms with Gasteiger partial charge in [0.05, 0.1) is 22.3 Å². The Kier molecular flexibility index (Phi) is 11.2. The van der Waals surface area contributed by atoms with Gasteiger partial charge in [0, 0.05) is 24.4 Å². The molecule has 0 bridgehead atoms. The Morgan fingerprint density at radius 3 is 1.84 bits per heavy atom. The van der Waals surface area contributed by atoms with Crippen LogP contribution in [0.1, 0.15) is 130 Å². The lowest BCUT2D eigenvalue weighted by Gasteiger charge is -2.23. The van der Waals surface area contributed by atoms with E-state index in [0.29, 0.717) is 5.82 Å². The van der Waals surface area contributed by atoms with Gasteiger partial charge in [0.25, 0.3) is 0 Å². The Bertz CT molecular complexity index is 2990. The van der Waals surface area contributed by atoms with E-state index in [0.717, 1.165) is 83.6 Å². The summed E-state index contributed by atoms with van der Waals surface area (Å²) in [6.07, 6.45) is 1.89. The van der Waals surface area contributed by atoms with E-state index in [9.17, 15) is 5.11 Å². The molecule has 0 saturated heterocycles. The molecular weight excluding hydrogens is 767 g/mol. The molecule has 0 aliphatic carbocycles. The largest absolute Gasteiger partial charge is 0.507 e. The van der Waals surface area contributed by atoms with Gasteiger partial charge in [0.15, 0.2) is 0 Å². The number of pyridine rings is 1. The molecule has 0 radical (unpaired) electrons. The van der Waals surface area contributed by atoms with Crippen molar-refractivity contribution >= 4 is 11.0 Å². The van der Waals surface area contributed by atoms with Crippen molar-refractivity contribution in [2.24, 2.45) is 0 Å². The molecule has 0 saturated carbocycles. The summed E-state index contributed by atoms with van der Waals surface area (Å²) in [6, 6.07) is 47.6. The molecule has 8 rings (SSSR count). The summed E-state index contributed by atoms with van der Waals surface area (Å²) in [7, 11) is 0. The monoisotopic (exact) mass is 831 g/mol. The van der Waals surface area contributed by atoms with Crippen molar-refractivity contribution in [3.63, 3.8) is 0 Å². The Balaban J connectivity index is 1.40. The third-order valence-corrected chi connectivity index (χ3v) is 12.5. The van der Waals surface area contributed by atoms with Crippen LogP contribution in [0.2, 0.25) is 0 Å². The second kappa shape index (κ2) is 16.8. The van der Waals surface area contributed by atoms with Gasteiger partial charge in [-0.05, 0) is 133 Å². The van der Waals surface area contributed by atoms with Gasteiger partial charge < -0.3 is 5.11 Å². The number of phenolic OH excluding ortho intramolecular Hbond substituents is 1. The van der Waals surface area contributed by atoms with Crippen molar-refractivity contribution in [3.8, 4) is 67.5 Å². The smallest absolute Gasteiger partial charge is 0.149 e. The van der Waals surface area contributed by atoms with Crippen LogP contribution in [-0.4, -0.2) is 19.6 Å². The fraction of sp³-hybridized carbons (Fsp3) is 0.288.